The van der Waals surface area contributed by atoms with Crippen molar-refractivity contribution in [1.82, 2.24) is 4.98 Å². The molecule has 1 aromatic heterocycles. The van der Waals surface area contributed by atoms with E-state index in [0.29, 0.717) is 17.4 Å². The number of hydrogen-bond acceptors (Lipinski definition) is 2. The third-order valence-corrected chi connectivity index (χ3v) is 5.50. The summed E-state index contributed by atoms with van der Waals surface area (Å²) in [6.07, 6.45) is 4.06. The molecule has 4 rings (SSSR count). The second kappa shape index (κ2) is 8.28. The van der Waals surface area contributed by atoms with Gasteiger partial charge >= 0.3 is 0 Å². The van der Waals surface area contributed by atoms with Gasteiger partial charge in [0.2, 0.25) is 0 Å². The van der Waals surface area contributed by atoms with Crippen molar-refractivity contribution in [3.63, 3.8) is 0 Å². The Labute approximate surface area is 179 Å². The number of aromatic nitrogens is 1. The normalized spacial score (nSPS) is 11.5. The predicted octanol–water partition coefficient (Wildman–Crippen LogP) is 7.32. The summed E-state index contributed by atoms with van der Waals surface area (Å²) >= 11 is 0. The van der Waals surface area contributed by atoms with Crippen molar-refractivity contribution < 1.29 is 0 Å². The summed E-state index contributed by atoms with van der Waals surface area (Å²) in [5.74, 6) is 1.23. The van der Waals surface area contributed by atoms with E-state index < -0.39 is 0 Å². The number of benzene rings is 3. The van der Waals surface area contributed by atoms with E-state index >= 15 is 0 Å². The van der Waals surface area contributed by atoms with Crippen LogP contribution in [-0.2, 0) is 12.8 Å². The fraction of sp³-hybridized carbons (Fsp3) is 0.286. The van der Waals surface area contributed by atoms with Gasteiger partial charge < -0.3 is 0 Å². The maximum absolute atomic E-state index is 9.22. The molecule has 0 N–H and O–H groups in total. The third kappa shape index (κ3) is 4.07. The van der Waals surface area contributed by atoms with Crippen molar-refractivity contribution in [3.05, 3.63) is 77.5 Å². The van der Waals surface area contributed by atoms with E-state index in [0.717, 1.165) is 34.7 Å². The van der Waals surface area contributed by atoms with Gasteiger partial charge in [-0.3, -0.25) is 4.98 Å². The molecule has 150 valence electrons. The number of nitrogens with zero attached hydrogens (tertiary/aromatic N) is 2. The number of hydrogen-bond donors (Lipinski definition) is 0. The van der Waals surface area contributed by atoms with Crippen LogP contribution in [0.25, 0.3) is 32.8 Å². The SMILES string of the molecule is CC(C)Cc1cc(CC(C)C)cc(-c2nccc3c2ccc2cc(C#N)ccc23)c1. The first-order valence-electron chi connectivity index (χ1n) is 10.8. The zero-order valence-corrected chi connectivity index (χ0v) is 18.2. The Morgan fingerprint density at radius 2 is 1.43 bits per heavy atom. The van der Waals surface area contributed by atoms with Crippen LogP contribution in [0.2, 0.25) is 0 Å². The lowest BCUT2D eigenvalue weighted by atomic mass is 9.92. The number of rotatable bonds is 5. The maximum atomic E-state index is 9.22. The molecule has 0 aliphatic rings. The molecule has 0 radical (unpaired) electrons. The molecular weight excluding hydrogens is 364 g/mol. The Kier molecular flexibility index (Phi) is 5.55. The lowest BCUT2D eigenvalue weighted by Gasteiger charge is -2.14. The van der Waals surface area contributed by atoms with Crippen LogP contribution >= 0.6 is 0 Å². The topological polar surface area (TPSA) is 36.7 Å². The zero-order chi connectivity index (χ0) is 21.3. The second-order valence-corrected chi connectivity index (χ2v) is 9.10. The fourth-order valence-corrected chi connectivity index (χ4v) is 4.37. The molecule has 0 unspecified atom stereocenters. The highest BCUT2D eigenvalue weighted by Gasteiger charge is 2.12. The molecular formula is C28H28N2. The average molecular weight is 393 g/mol. The van der Waals surface area contributed by atoms with Crippen LogP contribution in [0.5, 0.6) is 0 Å². The first-order valence-corrected chi connectivity index (χ1v) is 10.8. The standard InChI is InChI=1S/C28H28N2/c1-18(2)11-21-13-22(12-19(3)4)16-24(15-21)28-27-8-6-23-14-20(17-29)5-7-25(23)26(27)9-10-30-28/h5-10,13-16,18-19H,11-12H2,1-4H3. The molecule has 3 aromatic carbocycles. The molecule has 0 fully saturated rings. The largest absolute Gasteiger partial charge is 0.256 e. The van der Waals surface area contributed by atoms with E-state index in [9.17, 15) is 5.26 Å². The van der Waals surface area contributed by atoms with Gasteiger partial charge in [-0.15, -0.1) is 0 Å². The van der Waals surface area contributed by atoms with Crippen LogP contribution < -0.4 is 0 Å². The fourth-order valence-electron chi connectivity index (χ4n) is 4.37. The van der Waals surface area contributed by atoms with Gasteiger partial charge in [0.25, 0.3) is 0 Å². The molecule has 0 aliphatic carbocycles. The van der Waals surface area contributed by atoms with Crippen LogP contribution in [0.1, 0.15) is 44.4 Å². The highest BCUT2D eigenvalue weighted by Crippen LogP contribution is 2.33. The molecule has 0 aliphatic heterocycles. The summed E-state index contributed by atoms with van der Waals surface area (Å²) < 4.78 is 0. The van der Waals surface area contributed by atoms with Crippen LogP contribution in [-0.4, -0.2) is 4.98 Å². The Morgan fingerprint density at radius 1 is 0.767 bits per heavy atom. The number of nitriles is 1. The minimum absolute atomic E-state index is 0.617. The first-order chi connectivity index (χ1) is 14.4. The van der Waals surface area contributed by atoms with E-state index in [1.165, 1.54) is 22.1 Å². The van der Waals surface area contributed by atoms with Crippen LogP contribution in [0.4, 0.5) is 0 Å². The van der Waals surface area contributed by atoms with Gasteiger partial charge in [-0.2, -0.15) is 5.26 Å². The molecule has 0 saturated carbocycles. The number of pyridine rings is 1. The van der Waals surface area contributed by atoms with E-state index in [1.807, 2.05) is 18.3 Å². The monoisotopic (exact) mass is 392 g/mol. The average Bonchev–Trinajstić information content (AvgIpc) is 2.71. The van der Waals surface area contributed by atoms with Crippen molar-refractivity contribution in [2.24, 2.45) is 11.8 Å². The van der Waals surface area contributed by atoms with Gasteiger partial charge in [0.1, 0.15) is 0 Å². The molecule has 2 heteroatoms. The highest BCUT2D eigenvalue weighted by atomic mass is 14.7. The molecule has 0 bridgehead atoms. The molecule has 0 spiro atoms. The van der Waals surface area contributed by atoms with Crippen molar-refractivity contribution in [2.75, 3.05) is 0 Å². The first kappa shape index (κ1) is 20.1. The van der Waals surface area contributed by atoms with E-state index in [1.54, 1.807) is 0 Å². The molecule has 0 amide bonds. The van der Waals surface area contributed by atoms with Gasteiger partial charge in [-0.1, -0.05) is 52.0 Å². The van der Waals surface area contributed by atoms with Gasteiger partial charge in [0.05, 0.1) is 17.3 Å². The quantitative estimate of drug-likeness (QED) is 0.333. The highest BCUT2D eigenvalue weighted by molar-refractivity contribution is 6.11. The van der Waals surface area contributed by atoms with Crippen molar-refractivity contribution in [2.45, 2.75) is 40.5 Å². The Balaban J connectivity index is 1.92. The van der Waals surface area contributed by atoms with Gasteiger partial charge in [0.15, 0.2) is 0 Å². The Bertz CT molecular complexity index is 1230. The summed E-state index contributed by atoms with van der Waals surface area (Å²) in [6, 6.07) is 21.5. The lowest BCUT2D eigenvalue weighted by Crippen LogP contribution is -2.00. The van der Waals surface area contributed by atoms with Crippen molar-refractivity contribution >= 4 is 21.5 Å². The van der Waals surface area contributed by atoms with E-state index in [-0.39, 0.29) is 0 Å². The zero-order valence-electron chi connectivity index (χ0n) is 18.2. The Hall–Kier alpha value is -3.18. The van der Waals surface area contributed by atoms with Gasteiger partial charge in [-0.25, -0.2) is 0 Å². The number of fused-ring (bicyclic) bond motifs is 3. The maximum Gasteiger partial charge on any atom is 0.0991 e. The minimum Gasteiger partial charge on any atom is -0.256 e. The molecule has 2 nitrogen and oxygen atoms in total. The predicted molar refractivity (Wildman–Crippen MR) is 126 cm³/mol. The molecule has 4 aromatic rings. The molecule has 0 atom stereocenters. The van der Waals surface area contributed by atoms with Crippen LogP contribution in [0.15, 0.2) is 60.8 Å². The van der Waals surface area contributed by atoms with Gasteiger partial charge in [-0.05, 0) is 82.3 Å². The Morgan fingerprint density at radius 3 is 2.07 bits per heavy atom. The van der Waals surface area contributed by atoms with E-state index in [4.69, 9.17) is 4.98 Å². The summed E-state index contributed by atoms with van der Waals surface area (Å²) in [5.41, 5.74) is 5.69. The van der Waals surface area contributed by atoms with Crippen LogP contribution in [0.3, 0.4) is 0 Å². The van der Waals surface area contributed by atoms with E-state index in [2.05, 4.69) is 76.2 Å². The van der Waals surface area contributed by atoms with Crippen molar-refractivity contribution in [3.8, 4) is 17.3 Å². The molecule has 30 heavy (non-hydrogen) atoms. The third-order valence-electron chi connectivity index (χ3n) is 5.50. The summed E-state index contributed by atoms with van der Waals surface area (Å²) in [7, 11) is 0. The van der Waals surface area contributed by atoms with Crippen LogP contribution in [0, 0.1) is 23.2 Å². The van der Waals surface area contributed by atoms with Crippen molar-refractivity contribution in [1.29, 1.82) is 5.26 Å². The van der Waals surface area contributed by atoms with Gasteiger partial charge in [0, 0.05) is 17.1 Å². The summed E-state index contributed by atoms with van der Waals surface area (Å²) in [6.45, 7) is 9.08. The summed E-state index contributed by atoms with van der Waals surface area (Å²) in [4.78, 5) is 4.81. The minimum atomic E-state index is 0.617. The smallest absolute Gasteiger partial charge is 0.0991 e. The second-order valence-electron chi connectivity index (χ2n) is 9.10. The molecule has 0 saturated heterocycles. The summed E-state index contributed by atoms with van der Waals surface area (Å²) in [5, 5.41) is 13.8. The lowest BCUT2D eigenvalue weighted by molar-refractivity contribution is 0.636. The molecule has 1 heterocycles.